The summed E-state index contributed by atoms with van der Waals surface area (Å²) < 4.78 is 8.72. The smallest absolute Gasteiger partial charge is 0.309 e. The van der Waals surface area contributed by atoms with Crippen molar-refractivity contribution in [2.24, 2.45) is 5.92 Å². The van der Waals surface area contributed by atoms with Crippen molar-refractivity contribution in [2.45, 2.75) is 19.3 Å². The highest BCUT2D eigenvalue weighted by Gasteiger charge is 2.30. The summed E-state index contributed by atoms with van der Waals surface area (Å²) in [6.07, 6.45) is 2.21. The number of nitrogens with zero attached hydrogens (tertiary/aromatic N) is 3. The number of hydrogen-bond acceptors (Lipinski definition) is 4. The van der Waals surface area contributed by atoms with E-state index in [0.717, 1.165) is 39.1 Å². The zero-order chi connectivity index (χ0) is 16.6. The number of aromatic nitrogens is 2. The van der Waals surface area contributed by atoms with Crippen LogP contribution < -0.4 is 5.01 Å². The van der Waals surface area contributed by atoms with E-state index in [1.807, 2.05) is 31.3 Å². The Hall–Kier alpha value is -1.34. The lowest BCUT2D eigenvalue weighted by Crippen LogP contribution is -2.30. The van der Waals surface area contributed by atoms with Gasteiger partial charge in [0.25, 0.3) is 0 Å². The van der Waals surface area contributed by atoms with E-state index in [1.165, 1.54) is 7.11 Å². The predicted octanol–water partition coefficient (Wildman–Crippen LogP) is 3.59. The van der Waals surface area contributed by atoms with Crippen molar-refractivity contribution < 1.29 is 9.53 Å². The molecule has 1 aromatic heterocycles. The molecule has 0 bridgehead atoms. The van der Waals surface area contributed by atoms with Crippen LogP contribution in [0, 0.1) is 5.92 Å². The van der Waals surface area contributed by atoms with Gasteiger partial charge in [0.2, 0.25) is 0 Å². The SMILES string of the molecule is COC(=O)C1CCc2c(nc(Br)n2N(C)c2ccc(Br)cc2)C1. The van der Waals surface area contributed by atoms with Crippen molar-refractivity contribution in [3.05, 3.63) is 44.9 Å². The Morgan fingerprint density at radius 3 is 2.70 bits per heavy atom. The molecule has 1 aliphatic carbocycles. The number of benzene rings is 1. The minimum Gasteiger partial charge on any atom is -0.469 e. The average Bonchev–Trinajstić information content (AvgIpc) is 2.89. The van der Waals surface area contributed by atoms with Crippen LogP contribution in [-0.4, -0.2) is 29.8 Å². The second-order valence-corrected chi connectivity index (χ2v) is 7.17. The van der Waals surface area contributed by atoms with E-state index in [2.05, 4.69) is 46.5 Å². The summed E-state index contributed by atoms with van der Waals surface area (Å²) in [6, 6.07) is 8.11. The number of esters is 1. The number of carbonyl (C=O) groups is 1. The molecule has 0 aliphatic heterocycles. The van der Waals surface area contributed by atoms with Crippen LogP contribution in [0.3, 0.4) is 0 Å². The molecule has 3 rings (SSSR count). The number of carbonyl (C=O) groups excluding carboxylic acids is 1. The van der Waals surface area contributed by atoms with Gasteiger partial charge in [0.05, 0.1) is 30.1 Å². The third-order valence-corrected chi connectivity index (χ3v) is 5.24. The molecule has 0 fully saturated rings. The molecule has 5 nitrogen and oxygen atoms in total. The third-order valence-electron chi connectivity index (χ3n) is 4.19. The van der Waals surface area contributed by atoms with Crippen LogP contribution in [0.25, 0.3) is 0 Å². The fourth-order valence-corrected chi connectivity index (χ4v) is 3.89. The van der Waals surface area contributed by atoms with Crippen LogP contribution in [0.15, 0.2) is 33.5 Å². The fourth-order valence-electron chi connectivity index (χ4n) is 2.96. The van der Waals surface area contributed by atoms with Crippen LogP contribution in [-0.2, 0) is 22.4 Å². The van der Waals surface area contributed by atoms with Crippen molar-refractivity contribution in [3.63, 3.8) is 0 Å². The van der Waals surface area contributed by atoms with Crippen molar-refractivity contribution in [2.75, 3.05) is 19.2 Å². The average molecular weight is 443 g/mol. The number of methoxy groups -OCH3 is 1. The molecule has 0 amide bonds. The van der Waals surface area contributed by atoms with Crippen LogP contribution in [0.4, 0.5) is 5.69 Å². The molecule has 1 atom stereocenters. The van der Waals surface area contributed by atoms with Gasteiger partial charge in [0.15, 0.2) is 4.73 Å². The first-order valence-corrected chi connectivity index (χ1v) is 8.93. The fraction of sp³-hybridized carbons (Fsp3) is 0.375. The first-order chi connectivity index (χ1) is 11.0. The van der Waals surface area contributed by atoms with E-state index >= 15 is 0 Å². The van der Waals surface area contributed by atoms with E-state index in [9.17, 15) is 4.79 Å². The van der Waals surface area contributed by atoms with Gasteiger partial charge >= 0.3 is 5.97 Å². The number of halogens is 2. The molecule has 122 valence electrons. The normalized spacial score (nSPS) is 16.8. The monoisotopic (exact) mass is 441 g/mol. The Labute approximate surface area is 151 Å². The van der Waals surface area contributed by atoms with Crippen LogP contribution in [0.1, 0.15) is 17.8 Å². The van der Waals surface area contributed by atoms with Gasteiger partial charge in [-0.3, -0.25) is 9.80 Å². The summed E-state index contributed by atoms with van der Waals surface area (Å²) in [6.45, 7) is 0. The molecule has 0 radical (unpaired) electrons. The van der Waals surface area contributed by atoms with Gasteiger partial charge in [0.1, 0.15) is 0 Å². The van der Waals surface area contributed by atoms with Crippen molar-refractivity contribution in [1.29, 1.82) is 0 Å². The summed E-state index contributed by atoms with van der Waals surface area (Å²) >= 11 is 7.00. The maximum atomic E-state index is 11.8. The Morgan fingerprint density at radius 1 is 1.35 bits per heavy atom. The van der Waals surface area contributed by atoms with Gasteiger partial charge in [-0.2, -0.15) is 0 Å². The molecule has 1 heterocycles. The number of imidazole rings is 1. The molecule has 0 saturated heterocycles. The van der Waals surface area contributed by atoms with Gasteiger partial charge in [0, 0.05) is 17.9 Å². The molecule has 0 saturated carbocycles. The van der Waals surface area contributed by atoms with Crippen LogP contribution in [0.5, 0.6) is 0 Å². The Bertz CT molecular complexity index is 728. The molecular weight excluding hydrogens is 426 g/mol. The van der Waals surface area contributed by atoms with E-state index in [1.54, 1.807) is 0 Å². The molecule has 23 heavy (non-hydrogen) atoms. The molecule has 2 aromatic rings. The third kappa shape index (κ3) is 3.17. The highest BCUT2D eigenvalue weighted by atomic mass is 79.9. The lowest BCUT2D eigenvalue weighted by atomic mass is 9.90. The maximum absolute atomic E-state index is 11.8. The largest absolute Gasteiger partial charge is 0.469 e. The standard InChI is InChI=1S/C16H17Br2N3O2/c1-20(12-6-4-11(17)5-7-12)21-14-8-3-10(15(22)23-2)9-13(14)19-16(21)18/h4-7,10H,3,8-9H2,1-2H3. The second-order valence-electron chi connectivity index (χ2n) is 5.55. The molecule has 1 unspecified atom stereocenters. The van der Waals surface area contributed by atoms with Gasteiger partial charge in [-0.25, -0.2) is 9.66 Å². The number of hydrogen-bond donors (Lipinski definition) is 0. The van der Waals surface area contributed by atoms with Gasteiger partial charge in [-0.05, 0) is 53.0 Å². The number of ether oxygens (including phenoxy) is 1. The Kier molecular flexibility index (Phi) is 4.77. The quantitative estimate of drug-likeness (QED) is 0.681. The van der Waals surface area contributed by atoms with Gasteiger partial charge in [-0.1, -0.05) is 15.9 Å². The lowest BCUT2D eigenvalue weighted by Gasteiger charge is -2.26. The number of fused-ring (bicyclic) bond motifs is 1. The highest BCUT2D eigenvalue weighted by molar-refractivity contribution is 9.10. The van der Waals surface area contributed by atoms with E-state index in [4.69, 9.17) is 4.74 Å². The van der Waals surface area contributed by atoms with Gasteiger partial charge in [-0.15, -0.1) is 0 Å². The molecule has 1 aromatic carbocycles. The topological polar surface area (TPSA) is 47.4 Å². The van der Waals surface area contributed by atoms with Crippen molar-refractivity contribution in [1.82, 2.24) is 9.66 Å². The Morgan fingerprint density at radius 2 is 2.04 bits per heavy atom. The second kappa shape index (κ2) is 6.65. The molecule has 0 N–H and O–H groups in total. The van der Waals surface area contributed by atoms with Crippen LogP contribution >= 0.6 is 31.9 Å². The zero-order valence-corrected chi connectivity index (χ0v) is 16.1. The van der Waals surface area contributed by atoms with E-state index < -0.39 is 0 Å². The molecule has 0 spiro atoms. The van der Waals surface area contributed by atoms with Crippen LogP contribution in [0.2, 0.25) is 0 Å². The summed E-state index contributed by atoms with van der Waals surface area (Å²) in [5.74, 6) is -0.247. The lowest BCUT2D eigenvalue weighted by molar-refractivity contribution is -0.145. The van der Waals surface area contributed by atoms with E-state index in [-0.39, 0.29) is 11.9 Å². The van der Waals surface area contributed by atoms with Crippen molar-refractivity contribution in [3.8, 4) is 0 Å². The summed E-state index contributed by atoms with van der Waals surface area (Å²) in [7, 11) is 3.44. The first-order valence-electron chi connectivity index (χ1n) is 7.34. The van der Waals surface area contributed by atoms with E-state index in [0.29, 0.717) is 6.42 Å². The highest BCUT2D eigenvalue weighted by Crippen LogP contribution is 2.30. The summed E-state index contributed by atoms with van der Waals surface area (Å²) in [5, 5.41) is 2.06. The van der Waals surface area contributed by atoms with Gasteiger partial charge < -0.3 is 4.74 Å². The predicted molar refractivity (Wildman–Crippen MR) is 95.4 cm³/mol. The Balaban J connectivity index is 1.92. The molecule has 1 aliphatic rings. The number of anilines is 1. The molecular formula is C16H17Br2N3O2. The van der Waals surface area contributed by atoms with Crippen molar-refractivity contribution >= 4 is 43.5 Å². The minimum atomic E-state index is -0.150. The zero-order valence-electron chi connectivity index (χ0n) is 12.9. The molecule has 7 heteroatoms. The summed E-state index contributed by atoms with van der Waals surface area (Å²) in [4.78, 5) is 16.4. The first kappa shape index (κ1) is 16.5. The maximum Gasteiger partial charge on any atom is 0.309 e. The summed E-state index contributed by atoms with van der Waals surface area (Å²) in [5.41, 5.74) is 3.16. The minimum absolute atomic E-state index is 0.0965. The number of rotatable bonds is 3.